The number of fused-ring (bicyclic) bond motifs is 1. The number of nitrogens with one attached hydrogen (secondary N) is 2. The van der Waals surface area contributed by atoms with Crippen LogP contribution in [0.3, 0.4) is 0 Å². The van der Waals surface area contributed by atoms with E-state index in [1.54, 1.807) is 0 Å². The Hall–Kier alpha value is -3.05. The molecule has 0 radical (unpaired) electrons. The quantitative estimate of drug-likeness (QED) is 0.377. The predicted molar refractivity (Wildman–Crippen MR) is 116 cm³/mol. The summed E-state index contributed by atoms with van der Waals surface area (Å²) in [4.78, 5) is 0. The number of rotatable bonds is 3. The maximum Gasteiger partial charge on any atom is 0.209 e. The smallest absolute Gasteiger partial charge is 0.199 e. The SMILES string of the molecule is ClC1(c2ccccc2)NN(c2ccccc2)N(c2cccc3ccccc23)N1. The Labute approximate surface area is 168 Å². The van der Waals surface area contributed by atoms with Gasteiger partial charge in [-0.1, -0.05) is 96.5 Å². The van der Waals surface area contributed by atoms with E-state index in [2.05, 4.69) is 41.2 Å². The first-order chi connectivity index (χ1) is 13.7. The molecule has 5 heteroatoms. The van der Waals surface area contributed by atoms with Gasteiger partial charge in [0.2, 0.25) is 5.12 Å². The molecule has 28 heavy (non-hydrogen) atoms. The first-order valence-corrected chi connectivity index (χ1v) is 9.55. The lowest BCUT2D eigenvalue weighted by molar-refractivity contribution is 0.499. The molecular formula is C23H19ClN4. The van der Waals surface area contributed by atoms with Gasteiger partial charge in [-0.15, -0.1) is 0 Å². The monoisotopic (exact) mass is 386 g/mol. The van der Waals surface area contributed by atoms with Crippen LogP contribution in [0.1, 0.15) is 5.56 Å². The molecule has 0 saturated carbocycles. The van der Waals surface area contributed by atoms with Gasteiger partial charge in [-0.2, -0.15) is 21.1 Å². The fraction of sp³-hybridized carbons (Fsp3) is 0.0435. The summed E-state index contributed by atoms with van der Waals surface area (Å²) < 4.78 is 0. The molecule has 138 valence electrons. The van der Waals surface area contributed by atoms with Gasteiger partial charge in [-0.05, 0) is 23.6 Å². The number of para-hydroxylation sites is 1. The van der Waals surface area contributed by atoms with Crippen molar-refractivity contribution in [3.63, 3.8) is 0 Å². The molecule has 4 aromatic rings. The Bertz CT molecular complexity index is 1100. The van der Waals surface area contributed by atoms with Gasteiger partial charge in [0.25, 0.3) is 0 Å². The van der Waals surface area contributed by atoms with E-state index in [0.29, 0.717) is 0 Å². The summed E-state index contributed by atoms with van der Waals surface area (Å²) in [7, 11) is 0. The first-order valence-electron chi connectivity index (χ1n) is 9.18. The van der Waals surface area contributed by atoms with Crippen molar-refractivity contribution in [1.82, 2.24) is 10.9 Å². The summed E-state index contributed by atoms with van der Waals surface area (Å²) in [5, 5.41) is 5.24. The second-order valence-corrected chi connectivity index (χ2v) is 7.27. The van der Waals surface area contributed by atoms with Crippen LogP contribution in [0.2, 0.25) is 0 Å². The molecule has 4 nitrogen and oxygen atoms in total. The molecule has 1 unspecified atom stereocenters. The summed E-state index contributed by atoms with van der Waals surface area (Å²) in [5.74, 6) is 0. The number of anilines is 2. The number of benzene rings is 4. The molecule has 0 bridgehead atoms. The molecule has 5 rings (SSSR count). The lowest BCUT2D eigenvalue weighted by atomic mass is 10.1. The van der Waals surface area contributed by atoms with E-state index in [0.717, 1.165) is 22.3 Å². The summed E-state index contributed by atoms with van der Waals surface area (Å²) in [6.45, 7) is 0. The van der Waals surface area contributed by atoms with Crippen LogP contribution in [0.15, 0.2) is 103 Å². The van der Waals surface area contributed by atoms with Crippen molar-refractivity contribution < 1.29 is 0 Å². The minimum atomic E-state index is -0.978. The van der Waals surface area contributed by atoms with Gasteiger partial charge in [0.1, 0.15) is 0 Å². The van der Waals surface area contributed by atoms with Crippen molar-refractivity contribution in [2.75, 3.05) is 10.2 Å². The Kier molecular flexibility index (Phi) is 4.17. The van der Waals surface area contributed by atoms with Crippen LogP contribution < -0.4 is 21.1 Å². The highest BCUT2D eigenvalue weighted by Gasteiger charge is 2.43. The van der Waals surface area contributed by atoms with E-state index >= 15 is 0 Å². The van der Waals surface area contributed by atoms with Gasteiger partial charge in [-0.3, -0.25) is 0 Å². The molecule has 1 fully saturated rings. The third-order valence-electron chi connectivity index (χ3n) is 4.89. The highest BCUT2D eigenvalue weighted by Crippen LogP contribution is 2.36. The Morgan fingerprint density at radius 2 is 1.21 bits per heavy atom. The second kappa shape index (κ2) is 6.84. The predicted octanol–water partition coefficient (Wildman–Crippen LogP) is 5.14. The van der Waals surface area contributed by atoms with Crippen LogP contribution in [-0.2, 0) is 5.12 Å². The number of nitrogens with zero attached hydrogens (tertiary/aromatic N) is 2. The normalized spacial score (nSPS) is 19.3. The van der Waals surface area contributed by atoms with Crippen LogP contribution in [0.25, 0.3) is 10.8 Å². The highest BCUT2D eigenvalue weighted by molar-refractivity contribution is 6.24. The van der Waals surface area contributed by atoms with E-state index < -0.39 is 5.12 Å². The molecule has 1 aliphatic rings. The fourth-order valence-corrected chi connectivity index (χ4v) is 3.81. The summed E-state index contributed by atoms with van der Waals surface area (Å²) >= 11 is 7.03. The third-order valence-corrected chi connectivity index (χ3v) is 5.27. The summed E-state index contributed by atoms with van der Waals surface area (Å²) in [5.41, 5.74) is 9.79. The minimum absolute atomic E-state index is 0.931. The first kappa shape index (κ1) is 17.1. The number of hydrogen-bond donors (Lipinski definition) is 2. The fourth-order valence-electron chi connectivity index (χ4n) is 3.52. The van der Waals surface area contributed by atoms with Crippen LogP contribution in [0.4, 0.5) is 11.4 Å². The van der Waals surface area contributed by atoms with Gasteiger partial charge < -0.3 is 0 Å². The minimum Gasteiger partial charge on any atom is -0.199 e. The van der Waals surface area contributed by atoms with Crippen LogP contribution in [0.5, 0.6) is 0 Å². The van der Waals surface area contributed by atoms with Crippen molar-refractivity contribution in [2.45, 2.75) is 5.12 Å². The average molecular weight is 387 g/mol. The molecule has 0 amide bonds. The van der Waals surface area contributed by atoms with Crippen molar-refractivity contribution >= 4 is 33.7 Å². The zero-order valence-corrected chi connectivity index (χ0v) is 15.8. The maximum absolute atomic E-state index is 7.03. The van der Waals surface area contributed by atoms with Crippen molar-refractivity contribution in [2.24, 2.45) is 0 Å². The van der Waals surface area contributed by atoms with E-state index in [-0.39, 0.29) is 0 Å². The third kappa shape index (κ3) is 2.88. The van der Waals surface area contributed by atoms with E-state index in [1.807, 2.05) is 83.0 Å². The second-order valence-electron chi connectivity index (χ2n) is 6.71. The van der Waals surface area contributed by atoms with Gasteiger partial charge >= 0.3 is 0 Å². The molecule has 0 aromatic heterocycles. The van der Waals surface area contributed by atoms with Crippen LogP contribution >= 0.6 is 11.6 Å². The van der Waals surface area contributed by atoms with Gasteiger partial charge in [0.05, 0.1) is 11.4 Å². The van der Waals surface area contributed by atoms with Crippen molar-refractivity contribution in [3.8, 4) is 0 Å². The largest absolute Gasteiger partial charge is 0.209 e. The van der Waals surface area contributed by atoms with Crippen LogP contribution in [0, 0.1) is 0 Å². The number of halogens is 1. The summed E-state index contributed by atoms with van der Waals surface area (Å²) in [6, 6.07) is 34.6. The molecule has 0 spiro atoms. The zero-order valence-electron chi connectivity index (χ0n) is 15.1. The van der Waals surface area contributed by atoms with E-state index in [9.17, 15) is 0 Å². The Morgan fingerprint density at radius 1 is 0.607 bits per heavy atom. The topological polar surface area (TPSA) is 30.5 Å². The summed E-state index contributed by atoms with van der Waals surface area (Å²) in [6.07, 6.45) is 0. The number of hydrogen-bond acceptors (Lipinski definition) is 4. The van der Waals surface area contributed by atoms with Crippen molar-refractivity contribution in [3.05, 3.63) is 109 Å². The molecule has 1 atom stereocenters. The van der Waals surface area contributed by atoms with Crippen LogP contribution in [-0.4, -0.2) is 0 Å². The van der Waals surface area contributed by atoms with Gasteiger partial charge in [0.15, 0.2) is 0 Å². The molecule has 1 aliphatic heterocycles. The zero-order chi connectivity index (χ0) is 19.0. The van der Waals surface area contributed by atoms with E-state index in [1.165, 1.54) is 5.39 Å². The molecule has 2 N–H and O–H groups in total. The van der Waals surface area contributed by atoms with Gasteiger partial charge in [-0.25, -0.2) is 0 Å². The Balaban J connectivity index is 1.65. The highest BCUT2D eigenvalue weighted by atomic mass is 35.5. The molecule has 4 aromatic carbocycles. The number of hydrazine groups is 3. The standard InChI is InChI=1S/C23H19ClN4/c24-23(19-12-3-1-4-13-19)25-27(20-14-5-2-6-15-20)28(26-23)22-17-9-11-18-10-7-8-16-21(18)22/h1-17,25-26H. The molecule has 1 heterocycles. The maximum atomic E-state index is 7.03. The van der Waals surface area contributed by atoms with Crippen molar-refractivity contribution in [1.29, 1.82) is 0 Å². The van der Waals surface area contributed by atoms with E-state index in [4.69, 9.17) is 11.6 Å². The lowest BCUT2D eigenvalue weighted by Gasteiger charge is -2.29. The Morgan fingerprint density at radius 3 is 2.00 bits per heavy atom. The average Bonchev–Trinajstić information content (AvgIpc) is 3.13. The lowest BCUT2D eigenvalue weighted by Crippen LogP contribution is -2.45. The molecule has 1 saturated heterocycles. The van der Waals surface area contributed by atoms with Gasteiger partial charge in [0, 0.05) is 10.9 Å². The molecular weight excluding hydrogens is 368 g/mol. The molecule has 0 aliphatic carbocycles. The number of alkyl halides is 1.